The van der Waals surface area contributed by atoms with E-state index in [0.29, 0.717) is 6.61 Å². The summed E-state index contributed by atoms with van der Waals surface area (Å²) in [5.74, 6) is 0.933. The van der Waals surface area contributed by atoms with Gasteiger partial charge in [0.15, 0.2) is 0 Å². The van der Waals surface area contributed by atoms with E-state index in [9.17, 15) is 0 Å². The van der Waals surface area contributed by atoms with Crippen molar-refractivity contribution in [3.05, 3.63) is 46.4 Å². The standard InChI is InChI=1S/C11H11NOS/c1-9-4-2-3-5-10(9)13-8-11-12-6-7-14-11/h2-7H,8H2,1H3. The predicted octanol–water partition coefficient (Wildman–Crippen LogP) is 3.03. The predicted molar refractivity (Wildman–Crippen MR) is 57.6 cm³/mol. The van der Waals surface area contributed by atoms with Crippen LogP contribution in [0.25, 0.3) is 0 Å². The fraction of sp³-hybridized carbons (Fsp3) is 0.182. The Morgan fingerprint density at radius 1 is 1.36 bits per heavy atom. The second-order valence-electron chi connectivity index (χ2n) is 2.98. The van der Waals surface area contributed by atoms with Crippen LogP contribution in [-0.4, -0.2) is 4.98 Å². The lowest BCUT2D eigenvalue weighted by Crippen LogP contribution is -1.95. The molecule has 0 saturated heterocycles. The molecule has 14 heavy (non-hydrogen) atoms. The summed E-state index contributed by atoms with van der Waals surface area (Å²) in [7, 11) is 0. The first-order valence-corrected chi connectivity index (χ1v) is 5.31. The molecule has 0 N–H and O–H groups in total. The number of ether oxygens (including phenoxy) is 1. The summed E-state index contributed by atoms with van der Waals surface area (Å²) in [4.78, 5) is 4.15. The van der Waals surface area contributed by atoms with E-state index in [1.165, 1.54) is 0 Å². The van der Waals surface area contributed by atoms with E-state index in [0.717, 1.165) is 16.3 Å². The molecule has 0 spiro atoms. The van der Waals surface area contributed by atoms with Crippen molar-refractivity contribution in [1.29, 1.82) is 0 Å². The van der Waals surface area contributed by atoms with Crippen LogP contribution < -0.4 is 4.74 Å². The van der Waals surface area contributed by atoms with Gasteiger partial charge in [-0.1, -0.05) is 18.2 Å². The third-order valence-electron chi connectivity index (χ3n) is 1.93. The summed E-state index contributed by atoms with van der Waals surface area (Å²) in [5, 5.41) is 2.96. The van der Waals surface area contributed by atoms with E-state index in [4.69, 9.17) is 4.74 Å². The van der Waals surface area contributed by atoms with Crippen molar-refractivity contribution in [1.82, 2.24) is 4.98 Å². The lowest BCUT2D eigenvalue weighted by Gasteiger charge is -2.06. The van der Waals surface area contributed by atoms with Gasteiger partial charge in [0.2, 0.25) is 0 Å². The second kappa shape index (κ2) is 4.24. The Labute approximate surface area is 87.2 Å². The average Bonchev–Trinajstić information content (AvgIpc) is 2.69. The normalized spacial score (nSPS) is 10.1. The van der Waals surface area contributed by atoms with Crippen LogP contribution >= 0.6 is 11.3 Å². The van der Waals surface area contributed by atoms with Gasteiger partial charge in [0.05, 0.1) is 0 Å². The third-order valence-corrected chi connectivity index (χ3v) is 2.68. The third kappa shape index (κ3) is 2.12. The fourth-order valence-corrected chi connectivity index (χ4v) is 1.71. The molecular weight excluding hydrogens is 194 g/mol. The molecule has 1 heterocycles. The molecule has 0 aliphatic rings. The van der Waals surface area contributed by atoms with Crippen LogP contribution in [-0.2, 0) is 6.61 Å². The van der Waals surface area contributed by atoms with E-state index in [1.54, 1.807) is 17.5 Å². The van der Waals surface area contributed by atoms with Gasteiger partial charge in [0.25, 0.3) is 0 Å². The zero-order valence-corrected chi connectivity index (χ0v) is 8.75. The lowest BCUT2D eigenvalue weighted by atomic mass is 10.2. The molecule has 3 heteroatoms. The Hall–Kier alpha value is -1.35. The van der Waals surface area contributed by atoms with Crippen LogP contribution in [0.1, 0.15) is 10.6 Å². The van der Waals surface area contributed by atoms with E-state index in [-0.39, 0.29) is 0 Å². The van der Waals surface area contributed by atoms with Gasteiger partial charge in [0.1, 0.15) is 17.4 Å². The molecule has 0 fully saturated rings. The highest BCUT2D eigenvalue weighted by molar-refractivity contribution is 7.09. The molecule has 1 aromatic heterocycles. The average molecular weight is 205 g/mol. The van der Waals surface area contributed by atoms with Gasteiger partial charge in [-0.3, -0.25) is 0 Å². The zero-order chi connectivity index (χ0) is 9.80. The molecule has 0 radical (unpaired) electrons. The molecule has 1 aromatic carbocycles. The van der Waals surface area contributed by atoms with Crippen molar-refractivity contribution in [2.75, 3.05) is 0 Å². The molecule has 0 atom stereocenters. The summed E-state index contributed by atoms with van der Waals surface area (Å²) < 4.78 is 5.63. The molecule has 0 aliphatic heterocycles. The van der Waals surface area contributed by atoms with Crippen molar-refractivity contribution in [3.8, 4) is 5.75 Å². The van der Waals surface area contributed by atoms with Crippen molar-refractivity contribution >= 4 is 11.3 Å². The number of aryl methyl sites for hydroxylation is 1. The largest absolute Gasteiger partial charge is 0.486 e. The van der Waals surface area contributed by atoms with Gasteiger partial charge in [-0.25, -0.2) is 4.98 Å². The Morgan fingerprint density at radius 2 is 2.21 bits per heavy atom. The first kappa shape index (κ1) is 9.21. The first-order chi connectivity index (χ1) is 6.86. The number of para-hydroxylation sites is 1. The van der Waals surface area contributed by atoms with E-state index >= 15 is 0 Å². The Morgan fingerprint density at radius 3 is 2.93 bits per heavy atom. The lowest BCUT2D eigenvalue weighted by molar-refractivity contribution is 0.303. The van der Waals surface area contributed by atoms with Crippen molar-refractivity contribution in [2.24, 2.45) is 0 Å². The number of aromatic nitrogens is 1. The maximum atomic E-state index is 5.63. The molecule has 2 nitrogen and oxygen atoms in total. The number of rotatable bonds is 3. The van der Waals surface area contributed by atoms with E-state index in [1.807, 2.05) is 36.6 Å². The van der Waals surface area contributed by atoms with Crippen LogP contribution in [0.15, 0.2) is 35.8 Å². The van der Waals surface area contributed by atoms with Gasteiger partial charge in [-0.05, 0) is 18.6 Å². The monoisotopic (exact) mass is 205 g/mol. The minimum absolute atomic E-state index is 0.558. The van der Waals surface area contributed by atoms with E-state index < -0.39 is 0 Å². The topological polar surface area (TPSA) is 22.1 Å². The molecule has 0 saturated carbocycles. The van der Waals surface area contributed by atoms with Gasteiger partial charge in [-0.2, -0.15) is 0 Å². The van der Waals surface area contributed by atoms with Gasteiger partial charge in [0, 0.05) is 11.6 Å². The maximum absolute atomic E-state index is 5.63. The second-order valence-corrected chi connectivity index (χ2v) is 3.96. The first-order valence-electron chi connectivity index (χ1n) is 4.43. The van der Waals surface area contributed by atoms with Gasteiger partial charge in [-0.15, -0.1) is 11.3 Å². The van der Waals surface area contributed by atoms with Crippen LogP contribution in [0.4, 0.5) is 0 Å². The Kier molecular flexibility index (Phi) is 2.79. The summed E-state index contributed by atoms with van der Waals surface area (Å²) in [5.41, 5.74) is 1.16. The summed E-state index contributed by atoms with van der Waals surface area (Å²) in [6.07, 6.45) is 1.79. The summed E-state index contributed by atoms with van der Waals surface area (Å²) in [6.45, 7) is 2.60. The zero-order valence-electron chi connectivity index (χ0n) is 7.93. The number of hydrogen-bond donors (Lipinski definition) is 0. The fourth-order valence-electron chi connectivity index (χ4n) is 1.18. The quantitative estimate of drug-likeness (QED) is 0.768. The van der Waals surface area contributed by atoms with Crippen LogP contribution in [0, 0.1) is 6.92 Å². The molecule has 72 valence electrons. The highest BCUT2D eigenvalue weighted by atomic mass is 32.1. The number of benzene rings is 1. The number of thiazole rings is 1. The summed E-state index contributed by atoms with van der Waals surface area (Å²) in [6, 6.07) is 8.00. The van der Waals surface area contributed by atoms with Crippen LogP contribution in [0.3, 0.4) is 0 Å². The number of nitrogens with zero attached hydrogens (tertiary/aromatic N) is 1. The molecule has 2 aromatic rings. The Balaban J connectivity index is 2.02. The van der Waals surface area contributed by atoms with Crippen LogP contribution in [0.2, 0.25) is 0 Å². The molecule has 2 rings (SSSR count). The Bertz CT molecular complexity index is 397. The van der Waals surface area contributed by atoms with Gasteiger partial charge < -0.3 is 4.74 Å². The van der Waals surface area contributed by atoms with Crippen molar-refractivity contribution < 1.29 is 4.74 Å². The minimum atomic E-state index is 0.558. The molecular formula is C11H11NOS. The highest BCUT2D eigenvalue weighted by Gasteiger charge is 1.99. The van der Waals surface area contributed by atoms with Crippen molar-refractivity contribution in [2.45, 2.75) is 13.5 Å². The van der Waals surface area contributed by atoms with Gasteiger partial charge >= 0.3 is 0 Å². The minimum Gasteiger partial charge on any atom is -0.486 e. The van der Waals surface area contributed by atoms with Crippen molar-refractivity contribution in [3.63, 3.8) is 0 Å². The molecule has 0 bridgehead atoms. The summed E-state index contributed by atoms with van der Waals surface area (Å²) >= 11 is 1.61. The molecule has 0 aliphatic carbocycles. The smallest absolute Gasteiger partial charge is 0.140 e. The highest BCUT2D eigenvalue weighted by Crippen LogP contribution is 2.18. The maximum Gasteiger partial charge on any atom is 0.140 e. The SMILES string of the molecule is Cc1ccccc1OCc1nccs1. The number of hydrogen-bond acceptors (Lipinski definition) is 3. The van der Waals surface area contributed by atoms with E-state index in [2.05, 4.69) is 4.98 Å². The molecule has 0 unspecified atom stereocenters. The van der Waals surface area contributed by atoms with Crippen LogP contribution in [0.5, 0.6) is 5.75 Å². The molecule has 0 amide bonds.